The van der Waals surface area contributed by atoms with E-state index in [2.05, 4.69) is 83.1 Å². The van der Waals surface area contributed by atoms with Crippen LogP contribution in [0.25, 0.3) is 0 Å². The molecule has 0 unspecified atom stereocenters. The summed E-state index contributed by atoms with van der Waals surface area (Å²) in [5, 5.41) is 0. The highest BCUT2D eigenvalue weighted by Crippen LogP contribution is 2.42. The van der Waals surface area contributed by atoms with Gasteiger partial charge in [-0.2, -0.15) is 0 Å². The lowest BCUT2D eigenvalue weighted by atomic mass is 10.2. The molecule has 0 aromatic rings. The minimum atomic E-state index is -2.50. The second kappa shape index (κ2) is 12.1. The summed E-state index contributed by atoms with van der Waals surface area (Å²) in [6.07, 6.45) is 0. The van der Waals surface area contributed by atoms with Gasteiger partial charge in [-0.25, -0.2) is 0 Å². The molecule has 0 spiro atoms. The highest BCUT2D eigenvalue weighted by molar-refractivity contribution is 6.94. The van der Waals surface area contributed by atoms with E-state index in [0.29, 0.717) is 19.8 Å². The van der Waals surface area contributed by atoms with Gasteiger partial charge in [-0.1, -0.05) is 20.8 Å². The molecule has 0 saturated carbocycles. The third-order valence-electron chi connectivity index (χ3n) is 5.79. The first-order valence-electron chi connectivity index (χ1n) is 12.9. The molecule has 0 N–H and O–H groups in total. The maximum Gasteiger partial charge on any atom is 0.322 e. The van der Waals surface area contributed by atoms with Gasteiger partial charge in [-0.3, -0.25) is 0 Å². The second-order valence-electron chi connectivity index (χ2n) is 12.2. The molecule has 1 heterocycles. The maximum absolute atomic E-state index is 7.06. The molecule has 0 amide bonds. The topological polar surface area (TPSA) is 55.4 Å². The summed E-state index contributed by atoms with van der Waals surface area (Å²) in [5.41, 5.74) is -0.517. The predicted molar refractivity (Wildman–Crippen MR) is 143 cm³/mol. The molecule has 1 saturated heterocycles. The van der Waals surface area contributed by atoms with Crippen molar-refractivity contribution in [2.45, 2.75) is 136 Å². The van der Waals surface area contributed by atoms with E-state index in [4.69, 9.17) is 26.6 Å². The van der Waals surface area contributed by atoms with Crippen molar-refractivity contribution in [1.29, 1.82) is 0 Å². The van der Waals surface area contributed by atoms with Crippen molar-refractivity contribution < 1.29 is 26.6 Å². The minimum absolute atomic E-state index is 0.172. The van der Waals surface area contributed by atoms with Crippen molar-refractivity contribution >= 4 is 25.7 Å². The standard InChI is InChI=1S/C24H54O6Si3/c1-13-31(19-16-25-22(4,5)6)28-32(14-2,20-17-26-23(7,8)9)30-33(15-3,29-31)21-18-27-24(10,11)12/h13-21H2,1-12H3. The molecule has 198 valence electrons. The number of ether oxygens (including phenoxy) is 3. The quantitative estimate of drug-likeness (QED) is 0.260. The van der Waals surface area contributed by atoms with Crippen molar-refractivity contribution in [3.8, 4) is 0 Å². The third kappa shape index (κ3) is 11.3. The zero-order valence-corrected chi connectivity index (χ0v) is 26.8. The lowest BCUT2D eigenvalue weighted by Crippen LogP contribution is -2.70. The fourth-order valence-electron chi connectivity index (χ4n) is 3.89. The van der Waals surface area contributed by atoms with Crippen molar-refractivity contribution in [2.75, 3.05) is 19.8 Å². The van der Waals surface area contributed by atoms with Crippen LogP contribution in [0, 0.1) is 0 Å². The van der Waals surface area contributed by atoms with Gasteiger partial charge >= 0.3 is 25.7 Å². The molecule has 1 rings (SSSR count). The van der Waals surface area contributed by atoms with E-state index in [9.17, 15) is 0 Å². The average Bonchev–Trinajstić information content (AvgIpc) is 2.64. The van der Waals surface area contributed by atoms with Crippen molar-refractivity contribution in [2.24, 2.45) is 0 Å². The molecule has 9 heteroatoms. The minimum Gasteiger partial charge on any atom is -0.415 e. The summed E-state index contributed by atoms with van der Waals surface area (Å²) in [6.45, 7) is 27.5. The van der Waals surface area contributed by atoms with Gasteiger partial charge in [0.15, 0.2) is 0 Å². The highest BCUT2D eigenvalue weighted by Gasteiger charge is 2.60. The Hall–Kier alpha value is 0.411. The normalized spacial score (nSPS) is 29.5. The van der Waals surface area contributed by atoms with Crippen LogP contribution in [0.3, 0.4) is 0 Å². The molecule has 0 aromatic carbocycles. The van der Waals surface area contributed by atoms with Gasteiger partial charge in [0, 0.05) is 38.0 Å². The Morgan fingerprint density at radius 3 is 0.818 bits per heavy atom. The van der Waals surface area contributed by atoms with Crippen LogP contribution < -0.4 is 0 Å². The molecule has 6 nitrogen and oxygen atoms in total. The van der Waals surface area contributed by atoms with E-state index in [1.54, 1.807) is 0 Å². The summed E-state index contributed by atoms with van der Waals surface area (Å²) in [7, 11) is -7.50. The molecule has 1 aliphatic rings. The van der Waals surface area contributed by atoms with Gasteiger partial charge in [0.2, 0.25) is 0 Å². The van der Waals surface area contributed by atoms with Crippen molar-refractivity contribution in [1.82, 2.24) is 0 Å². The monoisotopic (exact) mass is 522 g/mol. The van der Waals surface area contributed by atoms with Crippen LogP contribution in [0.2, 0.25) is 36.3 Å². The van der Waals surface area contributed by atoms with Crippen molar-refractivity contribution in [3.63, 3.8) is 0 Å². The molecule has 0 bridgehead atoms. The van der Waals surface area contributed by atoms with Crippen LogP contribution in [0.4, 0.5) is 0 Å². The molecule has 33 heavy (non-hydrogen) atoms. The van der Waals surface area contributed by atoms with Crippen LogP contribution in [0.1, 0.15) is 83.1 Å². The van der Waals surface area contributed by atoms with Crippen LogP contribution in [0.5, 0.6) is 0 Å². The molecular formula is C24H54O6Si3. The van der Waals surface area contributed by atoms with Gasteiger partial charge in [0.05, 0.1) is 16.8 Å². The first-order valence-corrected chi connectivity index (χ1v) is 19.6. The Bertz CT molecular complexity index is 493. The SMILES string of the molecule is CC[Si]1(CCOC(C)(C)C)O[Si](CC)(CCOC(C)(C)C)O[Si](CC)(CCOC(C)(C)C)O1. The van der Waals surface area contributed by atoms with Gasteiger partial charge in [0.1, 0.15) is 0 Å². The van der Waals surface area contributed by atoms with Crippen LogP contribution in [-0.2, 0) is 26.6 Å². The first kappa shape index (κ1) is 31.4. The summed E-state index contributed by atoms with van der Waals surface area (Å²) in [4.78, 5) is 0. The third-order valence-corrected chi connectivity index (χ3v) is 20.8. The lowest BCUT2D eigenvalue weighted by Gasteiger charge is -2.53. The molecule has 0 atom stereocenters. The Labute approximate surface area is 208 Å². The van der Waals surface area contributed by atoms with Crippen LogP contribution >= 0.6 is 0 Å². The van der Waals surface area contributed by atoms with E-state index < -0.39 is 25.7 Å². The van der Waals surface area contributed by atoms with Crippen LogP contribution in [-0.4, -0.2) is 62.3 Å². The van der Waals surface area contributed by atoms with E-state index >= 15 is 0 Å². The molecule has 1 fully saturated rings. The first-order chi connectivity index (χ1) is 14.9. The fraction of sp³-hybridized carbons (Fsp3) is 1.00. The fourth-order valence-corrected chi connectivity index (χ4v) is 21.9. The second-order valence-corrected chi connectivity index (χ2v) is 23.8. The van der Waals surface area contributed by atoms with Gasteiger partial charge in [-0.05, 0) is 80.4 Å². The average molecular weight is 523 g/mol. The van der Waals surface area contributed by atoms with Gasteiger partial charge in [0.25, 0.3) is 0 Å². The summed E-state index contributed by atoms with van der Waals surface area (Å²) in [5.74, 6) is 0. The Balaban J connectivity index is 3.20. The van der Waals surface area contributed by atoms with E-state index in [0.717, 1.165) is 36.3 Å². The Morgan fingerprint density at radius 1 is 0.455 bits per heavy atom. The van der Waals surface area contributed by atoms with Crippen LogP contribution in [0.15, 0.2) is 0 Å². The van der Waals surface area contributed by atoms with Gasteiger partial charge < -0.3 is 26.6 Å². The summed E-state index contributed by atoms with van der Waals surface area (Å²) >= 11 is 0. The zero-order valence-electron chi connectivity index (χ0n) is 23.8. The summed E-state index contributed by atoms with van der Waals surface area (Å²) in [6, 6.07) is 5.25. The Kier molecular flexibility index (Phi) is 11.5. The number of hydrogen-bond acceptors (Lipinski definition) is 6. The summed E-state index contributed by atoms with van der Waals surface area (Å²) < 4.78 is 39.6. The molecule has 0 aliphatic carbocycles. The van der Waals surface area contributed by atoms with Gasteiger partial charge in [-0.15, -0.1) is 0 Å². The molecule has 0 radical (unpaired) electrons. The lowest BCUT2D eigenvalue weighted by molar-refractivity contribution is -0.00145. The largest absolute Gasteiger partial charge is 0.415 e. The number of rotatable bonds is 12. The van der Waals surface area contributed by atoms with E-state index in [-0.39, 0.29) is 16.8 Å². The molecular weight excluding hydrogens is 469 g/mol. The molecule has 1 aliphatic heterocycles. The Morgan fingerprint density at radius 2 is 0.667 bits per heavy atom. The zero-order chi connectivity index (χ0) is 25.6. The number of hydrogen-bond donors (Lipinski definition) is 0. The maximum atomic E-state index is 7.06. The van der Waals surface area contributed by atoms with E-state index in [1.807, 2.05) is 0 Å². The highest BCUT2D eigenvalue weighted by atomic mass is 28.5. The smallest absolute Gasteiger partial charge is 0.322 e. The van der Waals surface area contributed by atoms with E-state index in [1.165, 1.54) is 0 Å². The van der Waals surface area contributed by atoms with Crippen molar-refractivity contribution in [3.05, 3.63) is 0 Å². The molecule has 0 aromatic heterocycles. The predicted octanol–water partition coefficient (Wildman–Crippen LogP) is 6.88.